The third-order valence-corrected chi connectivity index (χ3v) is 19.9. The molecule has 0 radical (unpaired) electrons. The van der Waals surface area contributed by atoms with Crippen molar-refractivity contribution >= 4 is 182 Å². The van der Waals surface area contributed by atoms with Crippen molar-refractivity contribution < 1.29 is 33.1 Å². The molecule has 0 aliphatic carbocycles. The van der Waals surface area contributed by atoms with Crippen molar-refractivity contribution in [2.75, 3.05) is 73.6 Å². The number of aromatic carboxylic acids is 1. The maximum Gasteiger partial charge on any atom is 0.339 e. The molecule has 7 aromatic carbocycles. The van der Waals surface area contributed by atoms with Crippen LogP contribution in [0.15, 0.2) is 213 Å². The third kappa shape index (κ3) is 33.4. The lowest BCUT2D eigenvalue weighted by atomic mass is 9.99. The minimum atomic E-state index is -3.22. The molecule has 626 valence electrons. The summed E-state index contributed by atoms with van der Waals surface area (Å²) in [5.74, 6) is 0.124. The molecule has 17 nitrogen and oxygen atoms in total. The second-order valence-electron chi connectivity index (χ2n) is 27.5. The Balaban J connectivity index is 0.000000238. The Kier molecular flexibility index (Phi) is 43.9. The molecular formula is C90H107Br3Cl4F2N11O6P. The molecule has 0 saturated heterocycles. The van der Waals surface area contributed by atoms with Crippen LogP contribution in [0, 0.1) is 11.6 Å². The predicted octanol–water partition coefficient (Wildman–Crippen LogP) is 24.5. The van der Waals surface area contributed by atoms with Gasteiger partial charge in [-0.2, -0.15) is 0 Å². The summed E-state index contributed by atoms with van der Waals surface area (Å²) in [6.45, 7) is 28.1. The number of carboxylic acids is 1. The van der Waals surface area contributed by atoms with Gasteiger partial charge in [0.1, 0.15) is 34.2 Å². The molecule has 6 N–H and O–H groups in total. The van der Waals surface area contributed by atoms with E-state index in [0.29, 0.717) is 33.8 Å². The number of rotatable bonds is 30. The highest BCUT2D eigenvalue weighted by Crippen LogP contribution is 2.61. The van der Waals surface area contributed by atoms with Crippen LogP contribution in [0.1, 0.15) is 151 Å². The molecule has 5 aromatic heterocycles. The number of carbonyl (C=O) groups excluding carboxylic acids is 1. The molecule has 5 heterocycles. The van der Waals surface area contributed by atoms with Crippen molar-refractivity contribution in [3.63, 3.8) is 0 Å². The predicted molar refractivity (Wildman–Crippen MR) is 498 cm³/mol. The number of fused-ring (bicyclic) bond motifs is 5. The summed E-state index contributed by atoms with van der Waals surface area (Å²) >= 11 is 30.0. The van der Waals surface area contributed by atoms with Crippen LogP contribution in [0.25, 0.3) is 53.9 Å². The Bertz CT molecular complexity index is 5170. The number of carbonyl (C=O) groups is 2. The van der Waals surface area contributed by atoms with E-state index in [1.165, 1.54) is 54.4 Å². The van der Waals surface area contributed by atoms with E-state index in [0.717, 1.165) is 164 Å². The number of nitrogens with one attached hydrogen (secondary N) is 4. The Morgan fingerprint density at radius 1 is 0.487 bits per heavy atom. The lowest BCUT2D eigenvalue weighted by molar-refractivity contribution is 0.0696. The zero-order chi connectivity index (χ0) is 85.4. The topological polar surface area (TPSA) is 222 Å². The molecule has 117 heavy (non-hydrogen) atoms. The lowest BCUT2D eigenvalue weighted by Crippen LogP contribution is -2.48. The van der Waals surface area contributed by atoms with Gasteiger partial charge in [-0.3, -0.25) is 14.2 Å². The summed E-state index contributed by atoms with van der Waals surface area (Å²) in [5, 5.41) is 37.2. The van der Waals surface area contributed by atoms with Crippen LogP contribution < -0.4 is 36.2 Å². The minimum absolute atomic E-state index is 0.0474. The summed E-state index contributed by atoms with van der Waals surface area (Å²) in [5.41, 5.74) is 3.33. The molecule has 0 aliphatic rings. The van der Waals surface area contributed by atoms with Crippen LogP contribution in [0.2, 0.25) is 5.15 Å². The summed E-state index contributed by atoms with van der Waals surface area (Å²) in [6, 6.07) is 49.0. The number of hydrogen-bond acceptors (Lipinski definition) is 14. The first-order valence-corrected chi connectivity index (χ1v) is 46.8. The SMILES string of the molecule is CCCN(CCC)c1nccc2ccc(Br)cc12.CCCN(CCC)c1nccc2ccc(C(=O)N[C@@H](Cc3cc(F)cc(F)c3)[C@H](O)CNCc3cccc(CC)c3)cc12.CCCN(CCC)c1nccc2ccc(C(=O)O)cc12.CCCNCCC.Clc1nccc2ccc(Br)cc12.O=P(Cl)(Cl)Cl.O=c1[nH]ccc2ccc(Br)cc12. The maximum atomic E-state index is 14.0. The third-order valence-electron chi connectivity index (χ3n) is 18.1. The summed E-state index contributed by atoms with van der Waals surface area (Å²) < 4.78 is 40.6. The standard InChI is InChI=1S/C35H42F2N4O2.C16H20N2O2.C15H19BrN2.C9H5BrClN.C9H6BrNO.C6H15N.Cl3OP/c1-4-14-41(15-5-2)34-31-20-28(11-10-27(31)12-13-39-34)35(43)40-32(19-26-17-29(36)21-30(37)18-26)33(42)23-38-22-25-9-7-8-24(6-3)16-25;1-3-9-18(10-4-2)15-14-11-13(16(19)20)6-5-12(14)7-8-17-15;1-3-9-18(10-4-2)15-14-11-13(16)6-5-12(14)7-8-17-15;10-7-2-1-6-3-4-12-9(11)8(6)5-7;10-7-2-1-6-3-4-11-9(12)8(6)5-7;1-3-5-7-6-4-2;1-5(2,3)4/h7-13,16-18,20-21,32-33,38,42H,4-6,14-15,19,22-23H2,1-3H3,(H,40,43);5-8,11H,3-4,9-10H2,1-2H3,(H,19,20);5-8,11H,3-4,9-10H2,1-2H3;1-5H;1-5H,(H,11,12);7H,3-6H2,1-2H3;/t32-,33+;;;;;;/m0....../s1. The molecule has 0 unspecified atom stereocenters. The second kappa shape index (κ2) is 52.4. The van der Waals surface area contributed by atoms with Crippen LogP contribution in [0.3, 0.4) is 0 Å². The number of aryl methyl sites for hydroxylation is 1. The minimum Gasteiger partial charge on any atom is -0.478 e. The average Bonchev–Trinajstić information content (AvgIpc) is 0.796. The van der Waals surface area contributed by atoms with Gasteiger partial charge in [-0.15, -0.1) is 0 Å². The fourth-order valence-corrected chi connectivity index (χ4v) is 14.1. The molecule has 0 spiro atoms. The number of carboxylic acid groups (broad SMARTS) is 1. The number of aliphatic hydroxyl groups is 1. The van der Waals surface area contributed by atoms with E-state index in [1.54, 1.807) is 43.0 Å². The summed E-state index contributed by atoms with van der Waals surface area (Å²) in [7, 11) is 0. The first-order chi connectivity index (χ1) is 56.2. The van der Waals surface area contributed by atoms with E-state index in [1.807, 2.05) is 97.2 Å². The number of aromatic nitrogens is 5. The van der Waals surface area contributed by atoms with Gasteiger partial charge in [0.2, 0.25) is 0 Å². The molecule has 27 heteroatoms. The van der Waals surface area contributed by atoms with Gasteiger partial charge >= 0.3 is 11.2 Å². The molecule has 0 bridgehead atoms. The number of halogens is 9. The number of pyridine rings is 5. The number of benzene rings is 7. The van der Waals surface area contributed by atoms with Crippen LogP contribution in [0.5, 0.6) is 0 Å². The molecule has 1 amide bonds. The Morgan fingerprint density at radius 2 is 0.889 bits per heavy atom. The zero-order valence-corrected chi connectivity index (χ0v) is 76.5. The fourth-order valence-electron chi connectivity index (χ4n) is 12.8. The number of amides is 1. The molecule has 2 atom stereocenters. The van der Waals surface area contributed by atoms with Crippen molar-refractivity contribution in [1.29, 1.82) is 0 Å². The molecule has 12 aromatic rings. The Hall–Kier alpha value is -7.70. The number of aromatic amines is 1. The first-order valence-electron chi connectivity index (χ1n) is 39.6. The lowest BCUT2D eigenvalue weighted by Gasteiger charge is -2.26. The van der Waals surface area contributed by atoms with Gasteiger partial charge in [0.15, 0.2) is 0 Å². The normalized spacial score (nSPS) is 11.4. The number of aliphatic hydroxyl groups excluding tert-OH is 1. The summed E-state index contributed by atoms with van der Waals surface area (Å²) in [4.78, 5) is 63.2. The van der Waals surface area contributed by atoms with Gasteiger partial charge < -0.3 is 45.8 Å². The van der Waals surface area contributed by atoms with Crippen molar-refractivity contribution in [3.05, 3.63) is 263 Å². The summed E-state index contributed by atoms with van der Waals surface area (Å²) in [6.07, 6.45) is 17.6. The van der Waals surface area contributed by atoms with Crippen molar-refractivity contribution in [2.45, 2.75) is 145 Å². The largest absolute Gasteiger partial charge is 0.478 e. The first kappa shape index (κ1) is 98.1. The highest BCUT2D eigenvalue weighted by Gasteiger charge is 2.25. The number of hydrogen-bond donors (Lipinski definition) is 6. The van der Waals surface area contributed by atoms with E-state index in [2.05, 4.69) is 236 Å². The van der Waals surface area contributed by atoms with Crippen LogP contribution in [0.4, 0.5) is 26.2 Å². The van der Waals surface area contributed by atoms with Gasteiger partial charge in [-0.1, -0.05) is 176 Å². The maximum absolute atomic E-state index is 14.0. The highest BCUT2D eigenvalue weighted by atomic mass is 79.9. The van der Waals surface area contributed by atoms with E-state index < -0.39 is 34.9 Å². The van der Waals surface area contributed by atoms with Gasteiger partial charge in [-0.05, 0) is 258 Å². The van der Waals surface area contributed by atoms with E-state index >= 15 is 0 Å². The average molecular weight is 1890 g/mol. The number of H-pyrrole nitrogens is 1. The second-order valence-corrected chi connectivity index (χ2v) is 37.2. The molecule has 12 rings (SSSR count). The zero-order valence-electron chi connectivity index (χ0n) is 67.8. The van der Waals surface area contributed by atoms with E-state index in [9.17, 15) is 32.8 Å². The Labute approximate surface area is 731 Å². The van der Waals surface area contributed by atoms with Crippen LogP contribution in [-0.4, -0.2) is 118 Å². The van der Waals surface area contributed by atoms with Crippen LogP contribution >= 0.6 is 98.3 Å². The van der Waals surface area contributed by atoms with Gasteiger partial charge in [-0.25, -0.2) is 33.5 Å². The quantitative estimate of drug-likeness (QED) is 0.0140. The van der Waals surface area contributed by atoms with Gasteiger partial charge in [0.25, 0.3) is 11.5 Å². The molecule has 0 fully saturated rings. The molecule has 0 aliphatic heterocycles. The number of anilines is 3. The molecule has 0 saturated carbocycles. The Morgan fingerprint density at radius 3 is 1.34 bits per heavy atom. The van der Waals surface area contributed by atoms with Gasteiger partial charge in [0, 0.05) is 135 Å². The van der Waals surface area contributed by atoms with E-state index in [-0.39, 0.29) is 24.4 Å². The van der Waals surface area contributed by atoms with E-state index in [4.69, 9.17) is 16.7 Å². The monoisotopic (exact) mass is 1880 g/mol. The van der Waals surface area contributed by atoms with Crippen molar-refractivity contribution in [3.8, 4) is 0 Å². The van der Waals surface area contributed by atoms with Crippen molar-refractivity contribution in [1.82, 2.24) is 40.9 Å². The highest BCUT2D eigenvalue weighted by molar-refractivity contribution is 9.11. The molecular weight excluding hydrogens is 1780 g/mol. The van der Waals surface area contributed by atoms with Gasteiger partial charge in [0.05, 0.1) is 17.7 Å². The van der Waals surface area contributed by atoms with Crippen molar-refractivity contribution in [2.24, 2.45) is 0 Å². The smallest absolute Gasteiger partial charge is 0.339 e. The van der Waals surface area contributed by atoms with Crippen LogP contribution in [-0.2, 0) is 24.0 Å². The fraction of sp³-hybridized carbons (Fsp3) is 0.344. The number of nitrogens with zero attached hydrogens (tertiary/aromatic N) is 7.